The lowest BCUT2D eigenvalue weighted by molar-refractivity contribution is -0.111. The van der Waals surface area contributed by atoms with Crippen LogP contribution in [0.1, 0.15) is 16.7 Å². The Morgan fingerprint density at radius 3 is 2.20 bits per heavy atom. The van der Waals surface area contributed by atoms with Gasteiger partial charge in [-0.05, 0) is 41.8 Å². The minimum absolute atomic E-state index is 0.171. The molecule has 0 heterocycles. The highest BCUT2D eigenvalue weighted by Gasteiger charge is 2.13. The van der Waals surface area contributed by atoms with E-state index in [0.29, 0.717) is 16.3 Å². The molecule has 3 aromatic rings. The Morgan fingerprint density at radius 1 is 0.920 bits per heavy atom. The second-order valence-corrected chi connectivity index (χ2v) is 6.16. The van der Waals surface area contributed by atoms with Crippen LogP contribution in [-0.4, -0.2) is 5.91 Å². The first-order valence-electron chi connectivity index (χ1n) is 8.03. The first-order valence-corrected chi connectivity index (χ1v) is 8.41. The van der Waals surface area contributed by atoms with Gasteiger partial charge < -0.3 is 5.32 Å². The predicted molar refractivity (Wildman–Crippen MR) is 106 cm³/mol. The molecule has 0 aromatic heterocycles. The summed E-state index contributed by atoms with van der Waals surface area (Å²) in [5, 5.41) is 3.57. The molecule has 0 unspecified atom stereocenters. The van der Waals surface area contributed by atoms with Crippen LogP contribution in [0.25, 0.3) is 11.6 Å². The molecule has 0 saturated heterocycles. The van der Waals surface area contributed by atoms with Crippen LogP contribution in [0.3, 0.4) is 0 Å². The molecular weight excluding hydrogens is 330 g/mol. The summed E-state index contributed by atoms with van der Waals surface area (Å²) in [6.07, 6.45) is 1.89. The van der Waals surface area contributed by atoms with Gasteiger partial charge in [-0.2, -0.15) is 0 Å². The van der Waals surface area contributed by atoms with Gasteiger partial charge in [0.1, 0.15) is 0 Å². The summed E-state index contributed by atoms with van der Waals surface area (Å²) < 4.78 is 0. The van der Waals surface area contributed by atoms with Crippen molar-refractivity contribution in [1.82, 2.24) is 0 Å². The molecule has 0 atom stereocenters. The van der Waals surface area contributed by atoms with E-state index >= 15 is 0 Å². The SMILES string of the molecule is Cc1ccc(NC(=O)/C(=C/c2ccccc2)c2ccccc2)cc1Cl. The lowest BCUT2D eigenvalue weighted by atomic mass is 10.0. The minimum atomic E-state index is -0.171. The van der Waals surface area contributed by atoms with Crippen molar-refractivity contribution in [2.24, 2.45) is 0 Å². The van der Waals surface area contributed by atoms with E-state index in [1.54, 1.807) is 6.07 Å². The Hall–Kier alpha value is -2.84. The molecule has 25 heavy (non-hydrogen) atoms. The van der Waals surface area contributed by atoms with Gasteiger partial charge in [0, 0.05) is 16.3 Å². The standard InChI is InChI=1S/C22H18ClNO/c1-16-12-13-19(15-21(16)23)24-22(25)20(18-10-6-3-7-11-18)14-17-8-4-2-5-9-17/h2-15H,1H3,(H,24,25)/b20-14+. The summed E-state index contributed by atoms with van der Waals surface area (Å²) in [7, 11) is 0. The number of hydrogen-bond donors (Lipinski definition) is 1. The Balaban J connectivity index is 1.95. The zero-order valence-electron chi connectivity index (χ0n) is 13.9. The topological polar surface area (TPSA) is 29.1 Å². The number of hydrogen-bond acceptors (Lipinski definition) is 1. The fourth-order valence-corrected chi connectivity index (χ4v) is 2.66. The van der Waals surface area contributed by atoms with Crippen LogP contribution in [0.2, 0.25) is 5.02 Å². The highest BCUT2D eigenvalue weighted by molar-refractivity contribution is 6.32. The smallest absolute Gasteiger partial charge is 0.256 e. The molecule has 124 valence electrons. The third kappa shape index (κ3) is 4.37. The fourth-order valence-electron chi connectivity index (χ4n) is 2.48. The number of anilines is 1. The van der Waals surface area contributed by atoms with E-state index < -0.39 is 0 Å². The lowest BCUT2D eigenvalue weighted by Gasteiger charge is -2.11. The Kier molecular flexibility index (Phi) is 5.32. The van der Waals surface area contributed by atoms with Crippen LogP contribution in [-0.2, 0) is 4.79 Å². The molecule has 0 fully saturated rings. The first kappa shape index (κ1) is 17.0. The summed E-state index contributed by atoms with van der Waals surface area (Å²) in [6, 6.07) is 24.9. The molecular formula is C22H18ClNO. The average Bonchev–Trinajstić information content (AvgIpc) is 2.64. The van der Waals surface area contributed by atoms with Gasteiger partial charge in [-0.1, -0.05) is 78.3 Å². The van der Waals surface area contributed by atoms with Crippen LogP contribution >= 0.6 is 11.6 Å². The van der Waals surface area contributed by atoms with E-state index in [-0.39, 0.29) is 5.91 Å². The molecule has 0 aliphatic heterocycles. The third-order valence-electron chi connectivity index (χ3n) is 3.87. The maximum atomic E-state index is 12.9. The van der Waals surface area contributed by atoms with Gasteiger partial charge in [0.2, 0.25) is 0 Å². The van der Waals surface area contributed by atoms with Gasteiger partial charge in [-0.15, -0.1) is 0 Å². The number of carbonyl (C=O) groups is 1. The van der Waals surface area contributed by atoms with Crippen molar-refractivity contribution in [2.45, 2.75) is 6.92 Å². The minimum Gasteiger partial charge on any atom is -0.322 e. The molecule has 0 bridgehead atoms. The van der Waals surface area contributed by atoms with E-state index in [0.717, 1.165) is 16.7 Å². The van der Waals surface area contributed by atoms with Gasteiger partial charge in [0.15, 0.2) is 0 Å². The van der Waals surface area contributed by atoms with Gasteiger partial charge in [0.05, 0.1) is 0 Å². The van der Waals surface area contributed by atoms with Crippen molar-refractivity contribution < 1.29 is 4.79 Å². The Labute approximate surface area is 152 Å². The van der Waals surface area contributed by atoms with Gasteiger partial charge >= 0.3 is 0 Å². The molecule has 0 aliphatic carbocycles. The number of benzene rings is 3. The number of nitrogens with one attached hydrogen (secondary N) is 1. The summed E-state index contributed by atoms with van der Waals surface area (Å²) in [4.78, 5) is 12.9. The lowest BCUT2D eigenvalue weighted by Crippen LogP contribution is -2.13. The predicted octanol–water partition coefficient (Wildman–Crippen LogP) is 5.83. The average molecular weight is 348 g/mol. The summed E-state index contributed by atoms with van der Waals surface area (Å²) in [5.41, 5.74) is 4.09. The van der Waals surface area contributed by atoms with Gasteiger partial charge in [-0.25, -0.2) is 0 Å². The summed E-state index contributed by atoms with van der Waals surface area (Å²) >= 11 is 6.16. The van der Waals surface area contributed by atoms with Crippen molar-refractivity contribution in [2.75, 3.05) is 5.32 Å². The van der Waals surface area contributed by atoms with Crippen LogP contribution in [0.15, 0.2) is 78.9 Å². The second kappa shape index (κ2) is 7.82. The second-order valence-electron chi connectivity index (χ2n) is 5.75. The number of halogens is 1. The molecule has 1 amide bonds. The fraction of sp³-hybridized carbons (Fsp3) is 0.0455. The van der Waals surface area contributed by atoms with Gasteiger partial charge in [0.25, 0.3) is 5.91 Å². The Bertz CT molecular complexity index is 902. The molecule has 0 spiro atoms. The maximum Gasteiger partial charge on any atom is 0.256 e. The maximum absolute atomic E-state index is 12.9. The molecule has 3 aromatic carbocycles. The van der Waals surface area contributed by atoms with Crippen LogP contribution < -0.4 is 5.32 Å². The van der Waals surface area contributed by atoms with E-state index in [1.807, 2.05) is 85.8 Å². The van der Waals surface area contributed by atoms with Crippen molar-refractivity contribution in [3.8, 4) is 0 Å². The molecule has 0 aliphatic rings. The molecule has 3 rings (SSSR count). The number of aryl methyl sites for hydroxylation is 1. The monoisotopic (exact) mass is 347 g/mol. The number of rotatable bonds is 4. The van der Waals surface area contributed by atoms with Crippen LogP contribution in [0.5, 0.6) is 0 Å². The molecule has 2 nitrogen and oxygen atoms in total. The number of carbonyl (C=O) groups excluding carboxylic acids is 1. The van der Waals surface area contributed by atoms with Crippen molar-refractivity contribution in [3.63, 3.8) is 0 Å². The normalized spacial score (nSPS) is 11.2. The van der Waals surface area contributed by atoms with Crippen LogP contribution in [0, 0.1) is 6.92 Å². The quantitative estimate of drug-likeness (QED) is 0.467. The van der Waals surface area contributed by atoms with E-state index in [9.17, 15) is 4.79 Å². The molecule has 3 heteroatoms. The van der Waals surface area contributed by atoms with Crippen LogP contribution in [0.4, 0.5) is 5.69 Å². The molecule has 1 N–H and O–H groups in total. The number of amides is 1. The van der Waals surface area contributed by atoms with E-state index in [2.05, 4.69) is 5.32 Å². The third-order valence-corrected chi connectivity index (χ3v) is 4.28. The zero-order valence-corrected chi connectivity index (χ0v) is 14.6. The summed E-state index contributed by atoms with van der Waals surface area (Å²) in [5.74, 6) is -0.171. The van der Waals surface area contributed by atoms with Crippen molar-refractivity contribution >= 4 is 34.8 Å². The first-order chi connectivity index (χ1) is 12.1. The zero-order chi connectivity index (χ0) is 17.6. The summed E-state index contributed by atoms with van der Waals surface area (Å²) in [6.45, 7) is 1.93. The van der Waals surface area contributed by atoms with Gasteiger partial charge in [-0.3, -0.25) is 4.79 Å². The Morgan fingerprint density at radius 2 is 1.56 bits per heavy atom. The molecule has 0 radical (unpaired) electrons. The van der Waals surface area contributed by atoms with E-state index in [1.165, 1.54) is 0 Å². The van der Waals surface area contributed by atoms with Crippen molar-refractivity contribution in [3.05, 3.63) is 101 Å². The van der Waals surface area contributed by atoms with E-state index in [4.69, 9.17) is 11.6 Å². The highest BCUT2D eigenvalue weighted by Crippen LogP contribution is 2.23. The molecule has 0 saturated carbocycles. The largest absolute Gasteiger partial charge is 0.322 e. The highest BCUT2D eigenvalue weighted by atomic mass is 35.5. The van der Waals surface area contributed by atoms with Crippen molar-refractivity contribution in [1.29, 1.82) is 0 Å².